The van der Waals surface area contributed by atoms with Crippen molar-refractivity contribution in [2.45, 2.75) is 18.9 Å². The fraction of sp³-hybridized carbons (Fsp3) is 0.375. The number of benzene rings is 1. The van der Waals surface area contributed by atoms with Crippen molar-refractivity contribution in [1.29, 1.82) is 0 Å². The number of methoxy groups -OCH3 is 1. The molecule has 8 nitrogen and oxygen atoms in total. The molecular weight excluding hydrogens is 314 g/mol. The van der Waals surface area contributed by atoms with Gasteiger partial charge in [0.1, 0.15) is 17.4 Å². The van der Waals surface area contributed by atoms with Gasteiger partial charge in [-0.05, 0) is 37.1 Å². The lowest BCUT2D eigenvalue weighted by molar-refractivity contribution is 0.0341. The van der Waals surface area contributed by atoms with Crippen LogP contribution in [0.15, 0.2) is 28.7 Å². The fourth-order valence-electron chi connectivity index (χ4n) is 2.71. The molecule has 24 heavy (non-hydrogen) atoms. The molecule has 128 valence electrons. The molecule has 3 rings (SSSR count). The Balaban J connectivity index is 1.60. The van der Waals surface area contributed by atoms with Gasteiger partial charge in [-0.2, -0.15) is 0 Å². The Bertz CT molecular complexity index is 749. The van der Waals surface area contributed by atoms with Gasteiger partial charge in [-0.15, -0.1) is 0 Å². The SMILES string of the molecule is COc1ccc2oc(C(=O)NN3CCC(OC(N)=O)CC3)cc2c1. The number of hydrogen-bond donors (Lipinski definition) is 2. The van der Waals surface area contributed by atoms with E-state index in [2.05, 4.69) is 5.43 Å². The molecule has 0 atom stereocenters. The zero-order valence-corrected chi connectivity index (χ0v) is 13.3. The van der Waals surface area contributed by atoms with Crippen LogP contribution in [-0.4, -0.2) is 43.3 Å². The van der Waals surface area contributed by atoms with Gasteiger partial charge < -0.3 is 19.6 Å². The first kappa shape index (κ1) is 16.1. The highest BCUT2D eigenvalue weighted by molar-refractivity contribution is 5.96. The zero-order valence-electron chi connectivity index (χ0n) is 13.3. The predicted octanol–water partition coefficient (Wildman–Crippen LogP) is 1.65. The summed E-state index contributed by atoms with van der Waals surface area (Å²) < 4.78 is 15.7. The second-order valence-corrected chi connectivity index (χ2v) is 5.58. The van der Waals surface area contributed by atoms with E-state index in [9.17, 15) is 9.59 Å². The van der Waals surface area contributed by atoms with Crippen molar-refractivity contribution in [1.82, 2.24) is 10.4 Å². The number of fused-ring (bicyclic) bond motifs is 1. The number of hydrazine groups is 1. The summed E-state index contributed by atoms with van der Waals surface area (Å²) in [6, 6.07) is 7.02. The van der Waals surface area contributed by atoms with E-state index in [1.165, 1.54) is 0 Å². The lowest BCUT2D eigenvalue weighted by Crippen LogP contribution is -2.48. The second kappa shape index (κ2) is 6.79. The van der Waals surface area contributed by atoms with Gasteiger partial charge in [0, 0.05) is 18.5 Å². The molecular formula is C16H19N3O5. The number of furan rings is 1. The maximum absolute atomic E-state index is 12.3. The molecule has 0 saturated carbocycles. The average molecular weight is 333 g/mol. The summed E-state index contributed by atoms with van der Waals surface area (Å²) in [4.78, 5) is 23.1. The third-order valence-corrected chi connectivity index (χ3v) is 3.93. The first-order valence-corrected chi connectivity index (χ1v) is 7.65. The van der Waals surface area contributed by atoms with Gasteiger partial charge in [0.25, 0.3) is 0 Å². The molecule has 1 fully saturated rings. The quantitative estimate of drug-likeness (QED) is 0.881. The summed E-state index contributed by atoms with van der Waals surface area (Å²) in [5.74, 6) is 0.611. The Labute approximate surface area is 138 Å². The van der Waals surface area contributed by atoms with Gasteiger partial charge in [0.2, 0.25) is 0 Å². The van der Waals surface area contributed by atoms with E-state index in [0.29, 0.717) is 37.3 Å². The monoisotopic (exact) mass is 333 g/mol. The minimum atomic E-state index is -0.768. The highest BCUT2D eigenvalue weighted by atomic mass is 16.6. The van der Waals surface area contributed by atoms with Crippen molar-refractivity contribution >= 4 is 23.0 Å². The van der Waals surface area contributed by atoms with Crippen molar-refractivity contribution < 1.29 is 23.5 Å². The molecule has 2 amide bonds. The Morgan fingerprint density at radius 3 is 2.71 bits per heavy atom. The Morgan fingerprint density at radius 2 is 2.04 bits per heavy atom. The van der Waals surface area contributed by atoms with Gasteiger partial charge >= 0.3 is 12.0 Å². The molecule has 0 bridgehead atoms. The molecule has 0 spiro atoms. The number of carbonyl (C=O) groups excluding carboxylic acids is 2. The molecule has 0 unspecified atom stereocenters. The third kappa shape index (κ3) is 3.60. The van der Waals surface area contributed by atoms with Gasteiger partial charge in [-0.3, -0.25) is 10.2 Å². The van der Waals surface area contributed by atoms with Gasteiger partial charge in [-0.25, -0.2) is 9.80 Å². The van der Waals surface area contributed by atoms with Crippen LogP contribution < -0.4 is 15.9 Å². The smallest absolute Gasteiger partial charge is 0.404 e. The van der Waals surface area contributed by atoms with Crippen LogP contribution in [0, 0.1) is 0 Å². The molecule has 8 heteroatoms. The van der Waals surface area contributed by atoms with E-state index in [0.717, 1.165) is 5.39 Å². The van der Waals surface area contributed by atoms with Crippen molar-refractivity contribution in [2.24, 2.45) is 5.73 Å². The molecule has 2 heterocycles. The molecule has 1 aliphatic heterocycles. The zero-order chi connectivity index (χ0) is 17.1. The number of hydrogen-bond acceptors (Lipinski definition) is 6. The number of carbonyl (C=O) groups is 2. The molecule has 1 aromatic heterocycles. The number of piperidine rings is 1. The number of nitrogens with zero attached hydrogens (tertiary/aromatic N) is 1. The maximum Gasteiger partial charge on any atom is 0.404 e. The topological polar surface area (TPSA) is 107 Å². The minimum absolute atomic E-state index is 0.200. The van der Waals surface area contributed by atoms with E-state index in [-0.39, 0.29) is 17.8 Å². The molecule has 0 radical (unpaired) electrons. The number of rotatable bonds is 4. The second-order valence-electron chi connectivity index (χ2n) is 5.58. The first-order chi connectivity index (χ1) is 11.5. The molecule has 1 saturated heterocycles. The average Bonchev–Trinajstić information content (AvgIpc) is 2.99. The summed E-state index contributed by atoms with van der Waals surface area (Å²) in [6.07, 6.45) is 0.255. The largest absolute Gasteiger partial charge is 0.497 e. The van der Waals surface area contributed by atoms with Crippen LogP contribution in [0.2, 0.25) is 0 Å². The van der Waals surface area contributed by atoms with Gasteiger partial charge in [-0.1, -0.05) is 0 Å². The summed E-state index contributed by atoms with van der Waals surface area (Å²) in [6.45, 7) is 1.13. The molecule has 1 aromatic carbocycles. The van der Waals surface area contributed by atoms with Crippen LogP contribution in [-0.2, 0) is 4.74 Å². The van der Waals surface area contributed by atoms with Gasteiger partial charge in [0.15, 0.2) is 5.76 Å². The fourth-order valence-corrected chi connectivity index (χ4v) is 2.71. The lowest BCUT2D eigenvalue weighted by atomic mass is 10.1. The highest BCUT2D eigenvalue weighted by Gasteiger charge is 2.23. The van der Waals surface area contributed by atoms with Crippen LogP contribution in [0.3, 0.4) is 0 Å². The van der Waals surface area contributed by atoms with Crippen molar-refractivity contribution in [3.8, 4) is 5.75 Å². The predicted molar refractivity (Wildman–Crippen MR) is 85.5 cm³/mol. The molecule has 3 N–H and O–H groups in total. The van der Waals surface area contributed by atoms with E-state index < -0.39 is 6.09 Å². The Kier molecular flexibility index (Phi) is 4.57. The number of nitrogens with two attached hydrogens (primary N) is 1. The Morgan fingerprint density at radius 1 is 1.29 bits per heavy atom. The van der Waals surface area contributed by atoms with Crippen LogP contribution in [0.25, 0.3) is 11.0 Å². The summed E-state index contributed by atoms with van der Waals surface area (Å²) in [5, 5.41) is 2.57. The number of ether oxygens (including phenoxy) is 2. The normalized spacial score (nSPS) is 16.0. The summed E-state index contributed by atoms with van der Waals surface area (Å²) in [5.41, 5.74) is 8.42. The number of primary amides is 1. The van der Waals surface area contributed by atoms with Crippen LogP contribution >= 0.6 is 0 Å². The number of amides is 2. The highest BCUT2D eigenvalue weighted by Crippen LogP contribution is 2.24. The minimum Gasteiger partial charge on any atom is -0.497 e. The standard InChI is InChI=1S/C16H19N3O5/c1-22-12-2-3-13-10(8-12)9-14(24-13)15(20)18-19-6-4-11(5-7-19)23-16(17)21/h2-3,8-9,11H,4-7H2,1H3,(H2,17,21)(H,18,20). The summed E-state index contributed by atoms with van der Waals surface area (Å²) >= 11 is 0. The van der Waals surface area contributed by atoms with E-state index in [1.807, 2.05) is 6.07 Å². The summed E-state index contributed by atoms with van der Waals surface area (Å²) in [7, 11) is 1.58. The lowest BCUT2D eigenvalue weighted by Gasteiger charge is -2.30. The van der Waals surface area contributed by atoms with Gasteiger partial charge in [0.05, 0.1) is 7.11 Å². The van der Waals surface area contributed by atoms with Crippen molar-refractivity contribution in [3.05, 3.63) is 30.0 Å². The van der Waals surface area contributed by atoms with Crippen LogP contribution in [0.4, 0.5) is 4.79 Å². The molecule has 0 aliphatic carbocycles. The molecule has 1 aliphatic rings. The van der Waals surface area contributed by atoms with Crippen molar-refractivity contribution in [2.75, 3.05) is 20.2 Å². The Hall–Kier alpha value is -2.74. The van der Waals surface area contributed by atoms with Crippen LogP contribution in [0.5, 0.6) is 5.75 Å². The van der Waals surface area contributed by atoms with E-state index in [1.54, 1.807) is 30.3 Å². The maximum atomic E-state index is 12.3. The van der Waals surface area contributed by atoms with E-state index in [4.69, 9.17) is 19.6 Å². The molecule has 2 aromatic rings. The third-order valence-electron chi connectivity index (χ3n) is 3.93. The van der Waals surface area contributed by atoms with Crippen LogP contribution in [0.1, 0.15) is 23.4 Å². The number of nitrogens with one attached hydrogen (secondary N) is 1. The van der Waals surface area contributed by atoms with E-state index >= 15 is 0 Å². The first-order valence-electron chi connectivity index (χ1n) is 7.65. The van der Waals surface area contributed by atoms with Crippen molar-refractivity contribution in [3.63, 3.8) is 0 Å².